The molecule has 0 radical (unpaired) electrons. The van der Waals surface area contributed by atoms with Crippen molar-refractivity contribution in [2.45, 2.75) is 5.25 Å². The fraction of sp³-hybridized carbons (Fsp3) is 0.214. The monoisotopic (exact) mass is 292 g/mol. The molecule has 4 rings (SSSR count). The summed E-state index contributed by atoms with van der Waals surface area (Å²) >= 11 is 7.60. The van der Waals surface area contributed by atoms with E-state index in [9.17, 15) is 4.79 Å². The molecule has 0 saturated heterocycles. The van der Waals surface area contributed by atoms with Crippen LogP contribution in [0.15, 0.2) is 38.9 Å². The van der Waals surface area contributed by atoms with Crippen molar-refractivity contribution in [2.24, 2.45) is 5.92 Å². The lowest BCUT2D eigenvalue weighted by Gasteiger charge is -2.25. The molecule has 2 atom stereocenters. The maximum absolute atomic E-state index is 12.4. The van der Waals surface area contributed by atoms with Crippen LogP contribution in [0.25, 0.3) is 11.0 Å². The van der Waals surface area contributed by atoms with E-state index >= 15 is 0 Å². The minimum Gasteiger partial charge on any atom is -0.486 e. The van der Waals surface area contributed by atoms with Crippen LogP contribution in [0.1, 0.15) is 11.0 Å². The first-order valence-corrected chi connectivity index (χ1v) is 7.27. The summed E-state index contributed by atoms with van der Waals surface area (Å²) in [6.45, 7) is 0.526. The Balaban J connectivity index is 2.02. The average molecular weight is 293 g/mol. The van der Waals surface area contributed by atoms with Gasteiger partial charge in [-0.1, -0.05) is 17.7 Å². The Labute approximate surface area is 118 Å². The van der Waals surface area contributed by atoms with Gasteiger partial charge in [-0.2, -0.15) is 0 Å². The van der Waals surface area contributed by atoms with E-state index < -0.39 is 0 Å². The molecule has 0 saturated carbocycles. The Morgan fingerprint density at radius 1 is 1.37 bits per heavy atom. The maximum Gasteiger partial charge on any atom is 0.234 e. The van der Waals surface area contributed by atoms with E-state index in [2.05, 4.69) is 6.08 Å². The second-order valence-corrected chi connectivity index (χ2v) is 6.11. The SMILES string of the molecule is O=c1c2c(oc3ccc(Cl)cc13)[C@@H]1SC=C[C@@H]1CO2. The Kier molecular flexibility index (Phi) is 2.44. The average Bonchev–Trinajstić information content (AvgIpc) is 2.88. The van der Waals surface area contributed by atoms with Gasteiger partial charge in [0.05, 0.1) is 17.2 Å². The molecule has 2 aliphatic rings. The van der Waals surface area contributed by atoms with Crippen LogP contribution in [0.5, 0.6) is 5.75 Å². The van der Waals surface area contributed by atoms with Gasteiger partial charge >= 0.3 is 0 Å². The molecule has 0 fully saturated rings. The molecule has 3 nitrogen and oxygen atoms in total. The summed E-state index contributed by atoms with van der Waals surface area (Å²) in [5, 5.41) is 3.18. The summed E-state index contributed by atoms with van der Waals surface area (Å²) in [6.07, 6.45) is 2.10. The predicted octanol–water partition coefficient (Wildman–Crippen LogP) is 3.76. The highest BCUT2D eigenvalue weighted by Crippen LogP contribution is 2.48. The molecule has 0 amide bonds. The molecule has 1 aromatic carbocycles. The van der Waals surface area contributed by atoms with Gasteiger partial charge < -0.3 is 9.15 Å². The first-order chi connectivity index (χ1) is 9.24. The molecule has 0 spiro atoms. The Hall–Kier alpha value is -1.39. The van der Waals surface area contributed by atoms with Crippen LogP contribution in [-0.4, -0.2) is 6.61 Å². The third-order valence-electron chi connectivity index (χ3n) is 3.45. The van der Waals surface area contributed by atoms with E-state index in [0.717, 1.165) is 0 Å². The highest BCUT2D eigenvalue weighted by Gasteiger charge is 2.36. The first-order valence-electron chi connectivity index (χ1n) is 5.95. The van der Waals surface area contributed by atoms with Crippen molar-refractivity contribution >= 4 is 34.3 Å². The number of hydrogen-bond acceptors (Lipinski definition) is 4. The molecule has 2 aromatic rings. The zero-order chi connectivity index (χ0) is 13.0. The molecule has 3 heterocycles. The number of rotatable bonds is 0. The van der Waals surface area contributed by atoms with Crippen LogP contribution >= 0.6 is 23.4 Å². The molecule has 0 aliphatic carbocycles. The summed E-state index contributed by atoms with van der Waals surface area (Å²) in [5.74, 6) is 1.27. The van der Waals surface area contributed by atoms with Gasteiger partial charge in [-0.3, -0.25) is 4.79 Å². The fourth-order valence-corrected chi connectivity index (χ4v) is 3.79. The van der Waals surface area contributed by atoms with Gasteiger partial charge in [-0.15, -0.1) is 11.8 Å². The molecule has 0 N–H and O–H groups in total. The molecule has 19 heavy (non-hydrogen) atoms. The summed E-state index contributed by atoms with van der Waals surface area (Å²) in [7, 11) is 0. The highest BCUT2D eigenvalue weighted by molar-refractivity contribution is 8.02. The van der Waals surface area contributed by atoms with E-state index in [1.54, 1.807) is 30.0 Å². The van der Waals surface area contributed by atoms with Crippen LogP contribution in [-0.2, 0) is 0 Å². The van der Waals surface area contributed by atoms with Gasteiger partial charge in [0, 0.05) is 10.9 Å². The third-order valence-corrected chi connectivity index (χ3v) is 4.86. The van der Waals surface area contributed by atoms with Gasteiger partial charge in [0.1, 0.15) is 5.58 Å². The minimum absolute atomic E-state index is 0.135. The van der Waals surface area contributed by atoms with Gasteiger partial charge in [0.25, 0.3) is 0 Å². The molecule has 2 aliphatic heterocycles. The summed E-state index contributed by atoms with van der Waals surface area (Å²) < 4.78 is 11.5. The number of benzene rings is 1. The van der Waals surface area contributed by atoms with Gasteiger partial charge in [0.2, 0.25) is 11.2 Å². The van der Waals surface area contributed by atoms with Gasteiger partial charge in [0.15, 0.2) is 5.76 Å². The van der Waals surface area contributed by atoms with E-state index in [1.807, 2.05) is 5.41 Å². The lowest BCUT2D eigenvalue weighted by atomic mass is 10.0. The predicted molar refractivity (Wildman–Crippen MR) is 76.0 cm³/mol. The first kappa shape index (κ1) is 11.4. The van der Waals surface area contributed by atoms with Crippen LogP contribution < -0.4 is 10.2 Å². The minimum atomic E-state index is -0.135. The Morgan fingerprint density at radius 3 is 3.16 bits per heavy atom. The topological polar surface area (TPSA) is 39.4 Å². The van der Waals surface area contributed by atoms with Crippen molar-refractivity contribution in [1.82, 2.24) is 0 Å². The quantitative estimate of drug-likeness (QED) is 0.741. The number of fused-ring (bicyclic) bond motifs is 4. The van der Waals surface area contributed by atoms with Gasteiger partial charge in [-0.25, -0.2) is 0 Å². The Morgan fingerprint density at radius 2 is 2.26 bits per heavy atom. The molecule has 5 heteroatoms. The third kappa shape index (κ3) is 1.63. The lowest BCUT2D eigenvalue weighted by Crippen LogP contribution is -2.25. The Bertz CT molecular complexity index is 765. The van der Waals surface area contributed by atoms with Crippen molar-refractivity contribution in [3.05, 3.63) is 50.7 Å². The molecular weight excluding hydrogens is 284 g/mol. The zero-order valence-corrected chi connectivity index (χ0v) is 11.3. The number of halogens is 1. The largest absolute Gasteiger partial charge is 0.486 e. The molecule has 1 aromatic heterocycles. The zero-order valence-electron chi connectivity index (χ0n) is 9.76. The normalized spacial score (nSPS) is 24.1. The number of hydrogen-bond donors (Lipinski definition) is 0. The molecule has 96 valence electrons. The molecular formula is C14H9ClO3S. The summed E-state index contributed by atoms with van der Waals surface area (Å²) in [6, 6.07) is 5.08. The van der Waals surface area contributed by atoms with Crippen molar-refractivity contribution in [3.8, 4) is 5.75 Å². The van der Waals surface area contributed by atoms with Crippen molar-refractivity contribution < 1.29 is 9.15 Å². The summed E-state index contributed by atoms with van der Waals surface area (Å²) in [4.78, 5) is 12.4. The second-order valence-electron chi connectivity index (χ2n) is 4.63. The van der Waals surface area contributed by atoms with Crippen LogP contribution in [0.4, 0.5) is 0 Å². The highest BCUT2D eigenvalue weighted by atomic mass is 35.5. The van der Waals surface area contributed by atoms with Crippen molar-refractivity contribution in [1.29, 1.82) is 0 Å². The fourth-order valence-electron chi connectivity index (χ4n) is 2.50. The van der Waals surface area contributed by atoms with E-state index in [0.29, 0.717) is 34.1 Å². The number of ether oxygens (including phenoxy) is 1. The maximum atomic E-state index is 12.4. The van der Waals surface area contributed by atoms with Crippen LogP contribution in [0.2, 0.25) is 5.02 Å². The van der Waals surface area contributed by atoms with Gasteiger partial charge in [-0.05, 0) is 23.6 Å². The van der Waals surface area contributed by atoms with Crippen molar-refractivity contribution in [3.63, 3.8) is 0 Å². The van der Waals surface area contributed by atoms with Crippen LogP contribution in [0, 0.1) is 5.92 Å². The van der Waals surface area contributed by atoms with E-state index in [-0.39, 0.29) is 16.6 Å². The van der Waals surface area contributed by atoms with Crippen LogP contribution in [0.3, 0.4) is 0 Å². The lowest BCUT2D eigenvalue weighted by molar-refractivity contribution is 0.224. The summed E-state index contributed by atoms with van der Waals surface area (Å²) in [5.41, 5.74) is 0.426. The molecule has 0 bridgehead atoms. The van der Waals surface area contributed by atoms with E-state index in [4.69, 9.17) is 20.8 Å². The number of thioether (sulfide) groups is 1. The standard InChI is InChI=1S/C14H9ClO3S/c15-8-1-2-10-9(5-8)11(16)12-13(18-10)14-7(6-17-12)3-4-19-14/h1-5,7,14H,6H2/t7-,14-/m1/s1. The second kappa shape index (κ2) is 4.05. The smallest absolute Gasteiger partial charge is 0.234 e. The molecule has 0 unspecified atom stereocenters. The van der Waals surface area contributed by atoms with E-state index in [1.165, 1.54) is 0 Å². The van der Waals surface area contributed by atoms with Crippen molar-refractivity contribution in [2.75, 3.05) is 6.61 Å².